The Morgan fingerprint density at radius 1 is 1.12 bits per heavy atom. The van der Waals surface area contributed by atoms with E-state index >= 15 is 0 Å². The van der Waals surface area contributed by atoms with Gasteiger partial charge >= 0.3 is 0 Å². The average Bonchev–Trinajstić information content (AvgIpc) is 3.18. The topological polar surface area (TPSA) is 54.2 Å². The van der Waals surface area contributed by atoms with Crippen molar-refractivity contribution in [2.45, 2.75) is 20.8 Å². The normalized spacial score (nSPS) is 11.3. The van der Waals surface area contributed by atoms with Gasteiger partial charge in [-0.3, -0.25) is 5.43 Å². The smallest absolute Gasteiger partial charge is 0.191 e. The fourth-order valence-electron chi connectivity index (χ4n) is 2.52. The highest BCUT2D eigenvalue weighted by Crippen LogP contribution is 2.17. The lowest BCUT2D eigenvalue weighted by Crippen LogP contribution is -2.25. The van der Waals surface area contributed by atoms with Gasteiger partial charge in [0.15, 0.2) is 5.11 Å². The van der Waals surface area contributed by atoms with E-state index < -0.39 is 0 Å². The van der Waals surface area contributed by atoms with Crippen LogP contribution < -0.4 is 10.7 Å². The third kappa shape index (κ3) is 4.15. The third-order valence-corrected chi connectivity index (χ3v) is 4.46. The molecule has 0 radical (unpaired) electrons. The molecule has 6 heteroatoms. The Morgan fingerprint density at radius 3 is 2.58 bits per heavy atom. The SMILES string of the molecule is C/C(=N\NC(=S)Nc1cccc(C)c1C)c1ccc(-n2ccnc2)cc1. The lowest BCUT2D eigenvalue weighted by atomic mass is 10.1. The second-order valence-electron chi connectivity index (χ2n) is 6.03. The average molecular weight is 363 g/mol. The van der Waals surface area contributed by atoms with Crippen molar-refractivity contribution in [1.29, 1.82) is 0 Å². The molecule has 3 rings (SSSR count). The number of hydrogen-bond donors (Lipinski definition) is 2. The van der Waals surface area contributed by atoms with Gasteiger partial charge in [0.25, 0.3) is 0 Å². The maximum absolute atomic E-state index is 5.34. The minimum atomic E-state index is 0.466. The van der Waals surface area contributed by atoms with Gasteiger partial charge in [-0.1, -0.05) is 24.3 Å². The minimum absolute atomic E-state index is 0.466. The maximum Gasteiger partial charge on any atom is 0.191 e. The predicted molar refractivity (Wildman–Crippen MR) is 111 cm³/mol. The molecule has 0 atom stereocenters. The zero-order valence-electron chi connectivity index (χ0n) is 15.0. The van der Waals surface area contributed by atoms with Gasteiger partial charge in [-0.05, 0) is 67.9 Å². The second-order valence-corrected chi connectivity index (χ2v) is 6.44. The molecule has 0 aliphatic rings. The highest BCUT2D eigenvalue weighted by Gasteiger charge is 2.03. The van der Waals surface area contributed by atoms with E-state index in [-0.39, 0.29) is 0 Å². The number of imidazole rings is 1. The van der Waals surface area contributed by atoms with E-state index in [1.165, 1.54) is 11.1 Å². The van der Waals surface area contributed by atoms with Gasteiger partial charge in [-0.2, -0.15) is 5.10 Å². The fourth-order valence-corrected chi connectivity index (χ4v) is 2.68. The number of aryl methyl sites for hydroxylation is 1. The van der Waals surface area contributed by atoms with Gasteiger partial charge in [0.2, 0.25) is 0 Å². The van der Waals surface area contributed by atoms with Crippen molar-refractivity contribution in [2.75, 3.05) is 5.32 Å². The van der Waals surface area contributed by atoms with Gasteiger partial charge in [0, 0.05) is 23.8 Å². The summed E-state index contributed by atoms with van der Waals surface area (Å²) in [5.41, 5.74) is 9.22. The maximum atomic E-state index is 5.34. The molecule has 1 aromatic heterocycles. The van der Waals surface area contributed by atoms with Crippen LogP contribution in [0.4, 0.5) is 5.69 Å². The number of hydrogen-bond acceptors (Lipinski definition) is 3. The molecule has 26 heavy (non-hydrogen) atoms. The van der Waals surface area contributed by atoms with E-state index in [4.69, 9.17) is 12.2 Å². The van der Waals surface area contributed by atoms with Crippen LogP contribution in [0, 0.1) is 13.8 Å². The number of aromatic nitrogens is 2. The van der Waals surface area contributed by atoms with Crippen LogP contribution in [0.15, 0.2) is 66.3 Å². The molecule has 3 aromatic rings. The standard InChI is InChI=1S/C20H21N5S/c1-14-5-4-6-19(15(14)2)22-20(26)24-23-16(3)17-7-9-18(10-8-17)25-12-11-21-13-25/h4-13H,1-3H3,(H2,22,24,26)/b23-16+. The van der Waals surface area contributed by atoms with Gasteiger partial charge in [-0.15, -0.1) is 0 Å². The van der Waals surface area contributed by atoms with Gasteiger partial charge in [-0.25, -0.2) is 4.98 Å². The Bertz CT molecular complexity index is 927. The summed E-state index contributed by atoms with van der Waals surface area (Å²) in [6.45, 7) is 6.09. The first-order chi connectivity index (χ1) is 12.5. The predicted octanol–water partition coefficient (Wildman–Crippen LogP) is 4.20. The lowest BCUT2D eigenvalue weighted by molar-refractivity contribution is 1.03. The largest absolute Gasteiger partial charge is 0.331 e. The Balaban J connectivity index is 1.64. The lowest BCUT2D eigenvalue weighted by Gasteiger charge is -2.12. The van der Waals surface area contributed by atoms with Crippen LogP contribution in [0.25, 0.3) is 5.69 Å². The fraction of sp³-hybridized carbons (Fsp3) is 0.150. The van der Waals surface area contributed by atoms with Crippen LogP contribution in [0.3, 0.4) is 0 Å². The summed E-state index contributed by atoms with van der Waals surface area (Å²) in [6.07, 6.45) is 5.44. The van der Waals surface area contributed by atoms with Crippen molar-refractivity contribution < 1.29 is 0 Å². The van der Waals surface area contributed by atoms with Gasteiger partial charge in [0.1, 0.15) is 0 Å². The van der Waals surface area contributed by atoms with Crippen molar-refractivity contribution in [1.82, 2.24) is 15.0 Å². The van der Waals surface area contributed by atoms with E-state index in [1.54, 1.807) is 12.5 Å². The molecule has 0 fully saturated rings. The van der Waals surface area contributed by atoms with Crippen molar-refractivity contribution in [2.24, 2.45) is 5.10 Å². The number of nitrogens with zero attached hydrogens (tertiary/aromatic N) is 3. The number of hydrazone groups is 1. The molecule has 2 aromatic carbocycles. The molecular formula is C20H21N5S. The highest BCUT2D eigenvalue weighted by molar-refractivity contribution is 7.80. The van der Waals surface area contributed by atoms with Crippen LogP contribution >= 0.6 is 12.2 Å². The van der Waals surface area contributed by atoms with Crippen molar-refractivity contribution in [3.05, 3.63) is 77.9 Å². The molecule has 1 heterocycles. The summed E-state index contributed by atoms with van der Waals surface area (Å²) < 4.78 is 1.96. The monoisotopic (exact) mass is 363 g/mol. The molecule has 0 bridgehead atoms. The minimum Gasteiger partial charge on any atom is -0.331 e. The Kier molecular flexibility index (Phi) is 5.43. The van der Waals surface area contributed by atoms with Crippen molar-refractivity contribution in [3.8, 4) is 5.69 Å². The van der Waals surface area contributed by atoms with E-state index in [2.05, 4.69) is 40.7 Å². The number of benzene rings is 2. The van der Waals surface area contributed by atoms with Crippen molar-refractivity contribution in [3.63, 3.8) is 0 Å². The molecule has 0 unspecified atom stereocenters. The number of rotatable bonds is 4. The Morgan fingerprint density at radius 2 is 1.88 bits per heavy atom. The first-order valence-electron chi connectivity index (χ1n) is 8.31. The van der Waals surface area contributed by atoms with Crippen LogP contribution in [0.1, 0.15) is 23.6 Å². The summed E-state index contributed by atoms with van der Waals surface area (Å²) >= 11 is 5.34. The molecule has 2 N–H and O–H groups in total. The second kappa shape index (κ2) is 7.93. The summed E-state index contributed by atoms with van der Waals surface area (Å²) in [7, 11) is 0. The summed E-state index contributed by atoms with van der Waals surface area (Å²) in [4.78, 5) is 4.06. The molecule has 0 saturated heterocycles. The van der Waals surface area contributed by atoms with Crippen LogP contribution in [0.5, 0.6) is 0 Å². The number of nitrogens with one attached hydrogen (secondary N) is 2. The van der Waals surface area contributed by atoms with E-state index in [1.807, 2.05) is 54.1 Å². The van der Waals surface area contributed by atoms with E-state index in [0.717, 1.165) is 22.6 Å². The van der Waals surface area contributed by atoms with Gasteiger partial charge in [0.05, 0.1) is 12.0 Å². The van der Waals surface area contributed by atoms with Gasteiger partial charge < -0.3 is 9.88 Å². The first kappa shape index (κ1) is 17.8. The molecule has 132 valence electrons. The highest BCUT2D eigenvalue weighted by atomic mass is 32.1. The van der Waals surface area contributed by atoms with Crippen LogP contribution in [0.2, 0.25) is 0 Å². The molecule has 0 aliphatic carbocycles. The Hall–Kier alpha value is -2.99. The quantitative estimate of drug-likeness (QED) is 0.414. The zero-order valence-corrected chi connectivity index (χ0v) is 15.8. The number of anilines is 1. The van der Waals surface area contributed by atoms with Crippen molar-refractivity contribution >= 4 is 28.7 Å². The van der Waals surface area contributed by atoms with E-state index in [0.29, 0.717) is 5.11 Å². The summed E-state index contributed by atoms with van der Waals surface area (Å²) in [6, 6.07) is 14.2. The first-order valence-corrected chi connectivity index (χ1v) is 8.71. The Labute approximate surface area is 158 Å². The van der Waals surface area contributed by atoms with E-state index in [9.17, 15) is 0 Å². The molecular weight excluding hydrogens is 342 g/mol. The van der Waals surface area contributed by atoms with Crippen LogP contribution in [-0.4, -0.2) is 20.4 Å². The molecule has 0 aliphatic heterocycles. The molecule has 0 amide bonds. The summed E-state index contributed by atoms with van der Waals surface area (Å²) in [5.74, 6) is 0. The number of thiocarbonyl (C=S) groups is 1. The molecule has 0 saturated carbocycles. The zero-order chi connectivity index (χ0) is 18.5. The molecule has 5 nitrogen and oxygen atoms in total. The third-order valence-electron chi connectivity index (χ3n) is 4.27. The van der Waals surface area contributed by atoms with Crippen LogP contribution in [-0.2, 0) is 0 Å². The molecule has 0 spiro atoms. The summed E-state index contributed by atoms with van der Waals surface area (Å²) in [5, 5.41) is 8.03.